The van der Waals surface area contributed by atoms with Crippen LogP contribution in [0, 0.1) is 5.82 Å². The van der Waals surface area contributed by atoms with Crippen molar-refractivity contribution in [2.24, 2.45) is 0 Å². The van der Waals surface area contributed by atoms with Crippen LogP contribution in [0.3, 0.4) is 0 Å². The molecular weight excluding hydrogens is 425 g/mol. The molecule has 0 bridgehead atoms. The van der Waals surface area contributed by atoms with E-state index in [0.29, 0.717) is 0 Å². The lowest BCUT2D eigenvalue weighted by molar-refractivity contribution is -0.142. The zero-order valence-electron chi connectivity index (χ0n) is 17.0. The van der Waals surface area contributed by atoms with Crippen LogP contribution in [0.25, 0.3) is 0 Å². The predicted octanol–water partition coefficient (Wildman–Crippen LogP) is 1.56. The Morgan fingerprint density at radius 2 is 1.94 bits per heavy atom. The minimum Gasteiger partial charge on any atom is -0.467 e. The third-order valence-electron chi connectivity index (χ3n) is 4.37. The quantitative estimate of drug-likeness (QED) is 0.525. The second kappa shape index (κ2) is 10.2. The summed E-state index contributed by atoms with van der Waals surface area (Å²) in [5, 5.41) is 7.22. The number of amides is 3. The topological polar surface area (TPSA) is 136 Å². The standard InChI is InChI=1S/C21H20FN3O7/c1-2-30-20(28)17-14(24-21(29)25-18(17)15-8-5-9-31-15)11-32-16(26)10-23-19(27)12-6-3-4-7-13(12)22/h3-9,18H,2,10-11H2,1H3,(H,23,27)(H2,24,25,29). The zero-order valence-corrected chi connectivity index (χ0v) is 17.0. The minimum absolute atomic E-state index is 0.00220. The van der Waals surface area contributed by atoms with Crippen molar-refractivity contribution in [1.29, 1.82) is 0 Å². The Morgan fingerprint density at radius 1 is 1.16 bits per heavy atom. The van der Waals surface area contributed by atoms with E-state index in [1.54, 1.807) is 19.1 Å². The van der Waals surface area contributed by atoms with Gasteiger partial charge in [0.05, 0.1) is 29.7 Å². The largest absolute Gasteiger partial charge is 0.467 e. The van der Waals surface area contributed by atoms with Crippen LogP contribution in [-0.2, 0) is 19.1 Å². The van der Waals surface area contributed by atoms with Gasteiger partial charge in [-0.2, -0.15) is 0 Å². The number of rotatable bonds is 8. The summed E-state index contributed by atoms with van der Waals surface area (Å²) in [7, 11) is 0. The van der Waals surface area contributed by atoms with E-state index in [0.717, 1.165) is 6.07 Å². The van der Waals surface area contributed by atoms with Crippen LogP contribution >= 0.6 is 0 Å². The van der Waals surface area contributed by atoms with E-state index in [4.69, 9.17) is 13.9 Å². The normalized spacial score (nSPS) is 15.4. The number of hydrogen-bond acceptors (Lipinski definition) is 7. The van der Waals surface area contributed by atoms with E-state index in [-0.39, 0.29) is 29.2 Å². The van der Waals surface area contributed by atoms with Gasteiger partial charge in [0, 0.05) is 0 Å². The summed E-state index contributed by atoms with van der Waals surface area (Å²) >= 11 is 0. The molecule has 3 amide bonds. The van der Waals surface area contributed by atoms with Gasteiger partial charge in [0.1, 0.15) is 30.8 Å². The first-order valence-electron chi connectivity index (χ1n) is 9.60. The number of ether oxygens (including phenoxy) is 2. The molecule has 0 aliphatic carbocycles. The molecular formula is C21H20FN3O7. The monoisotopic (exact) mass is 445 g/mol. The van der Waals surface area contributed by atoms with Gasteiger partial charge in [-0.15, -0.1) is 0 Å². The van der Waals surface area contributed by atoms with Crippen molar-refractivity contribution < 1.29 is 37.5 Å². The van der Waals surface area contributed by atoms with Crippen molar-refractivity contribution in [3.05, 3.63) is 71.1 Å². The van der Waals surface area contributed by atoms with Crippen molar-refractivity contribution in [2.75, 3.05) is 19.8 Å². The predicted molar refractivity (Wildman–Crippen MR) is 106 cm³/mol. The van der Waals surface area contributed by atoms with Crippen LogP contribution in [0.4, 0.5) is 9.18 Å². The number of nitrogens with one attached hydrogen (secondary N) is 3. The zero-order chi connectivity index (χ0) is 23.1. The molecule has 10 nitrogen and oxygen atoms in total. The number of carbonyl (C=O) groups excluding carboxylic acids is 4. The fourth-order valence-electron chi connectivity index (χ4n) is 2.95. The van der Waals surface area contributed by atoms with Crippen LogP contribution in [0.5, 0.6) is 0 Å². The first-order chi connectivity index (χ1) is 15.4. The molecule has 3 rings (SSSR count). The first-order valence-corrected chi connectivity index (χ1v) is 9.60. The molecule has 1 aromatic carbocycles. The van der Waals surface area contributed by atoms with Gasteiger partial charge in [0.15, 0.2) is 0 Å². The molecule has 168 valence electrons. The number of esters is 2. The molecule has 32 heavy (non-hydrogen) atoms. The highest BCUT2D eigenvalue weighted by Gasteiger charge is 2.35. The molecule has 11 heteroatoms. The molecule has 1 unspecified atom stereocenters. The third kappa shape index (κ3) is 5.31. The highest BCUT2D eigenvalue weighted by molar-refractivity contribution is 5.96. The fourth-order valence-corrected chi connectivity index (χ4v) is 2.95. The van der Waals surface area contributed by atoms with E-state index >= 15 is 0 Å². The summed E-state index contributed by atoms with van der Waals surface area (Å²) in [5.41, 5.74) is -0.216. The Bertz CT molecular complexity index is 1050. The number of furan rings is 1. The Kier molecular flexibility index (Phi) is 7.21. The van der Waals surface area contributed by atoms with Crippen LogP contribution < -0.4 is 16.0 Å². The van der Waals surface area contributed by atoms with Gasteiger partial charge < -0.3 is 29.8 Å². The fraction of sp³-hybridized carbons (Fsp3) is 0.238. The van der Waals surface area contributed by atoms with Crippen molar-refractivity contribution in [2.45, 2.75) is 13.0 Å². The number of urea groups is 1. The van der Waals surface area contributed by atoms with Gasteiger partial charge in [0.25, 0.3) is 5.91 Å². The van der Waals surface area contributed by atoms with Crippen LogP contribution in [0.2, 0.25) is 0 Å². The number of carbonyl (C=O) groups is 4. The summed E-state index contributed by atoms with van der Waals surface area (Å²) < 4.78 is 29.1. The van der Waals surface area contributed by atoms with Gasteiger partial charge in [-0.05, 0) is 31.2 Å². The number of benzene rings is 1. The van der Waals surface area contributed by atoms with E-state index < -0.39 is 48.9 Å². The van der Waals surface area contributed by atoms with Crippen LogP contribution in [0.1, 0.15) is 29.1 Å². The molecule has 2 aromatic rings. The first kappa shape index (κ1) is 22.5. The van der Waals surface area contributed by atoms with Crippen LogP contribution in [0.15, 0.2) is 58.3 Å². The number of halogens is 1. The molecule has 0 saturated heterocycles. The Morgan fingerprint density at radius 3 is 2.62 bits per heavy atom. The highest BCUT2D eigenvalue weighted by atomic mass is 19.1. The van der Waals surface area contributed by atoms with Gasteiger partial charge in [-0.3, -0.25) is 9.59 Å². The maximum absolute atomic E-state index is 13.6. The lowest BCUT2D eigenvalue weighted by Gasteiger charge is -2.27. The summed E-state index contributed by atoms with van der Waals surface area (Å²) in [4.78, 5) is 48.7. The average Bonchev–Trinajstić information content (AvgIpc) is 3.31. The van der Waals surface area contributed by atoms with Gasteiger partial charge >= 0.3 is 18.0 Å². The Hall–Kier alpha value is -4.15. The molecule has 0 saturated carbocycles. The lowest BCUT2D eigenvalue weighted by Crippen LogP contribution is -2.47. The van der Waals surface area contributed by atoms with Crippen molar-refractivity contribution >= 4 is 23.9 Å². The SMILES string of the molecule is CCOC(=O)C1=C(COC(=O)CNC(=O)c2ccccc2F)NC(=O)NC1c1ccco1. The molecule has 0 fully saturated rings. The summed E-state index contributed by atoms with van der Waals surface area (Å²) in [5.74, 6) is -2.85. The Balaban J connectivity index is 1.69. The third-order valence-corrected chi connectivity index (χ3v) is 4.37. The van der Waals surface area contributed by atoms with E-state index in [1.807, 2.05) is 0 Å². The van der Waals surface area contributed by atoms with Gasteiger partial charge in [-0.25, -0.2) is 14.0 Å². The second-order valence-electron chi connectivity index (χ2n) is 6.48. The maximum Gasteiger partial charge on any atom is 0.338 e. The van der Waals surface area contributed by atoms with Gasteiger partial charge in [-0.1, -0.05) is 12.1 Å². The van der Waals surface area contributed by atoms with Crippen LogP contribution in [-0.4, -0.2) is 43.6 Å². The lowest BCUT2D eigenvalue weighted by atomic mass is 10.0. The maximum atomic E-state index is 13.6. The molecule has 3 N–H and O–H groups in total. The molecule has 0 radical (unpaired) electrons. The van der Waals surface area contributed by atoms with Crippen molar-refractivity contribution in [3.8, 4) is 0 Å². The summed E-state index contributed by atoms with van der Waals surface area (Å²) in [6.45, 7) is 0.666. The summed E-state index contributed by atoms with van der Waals surface area (Å²) in [6.07, 6.45) is 1.38. The van der Waals surface area contributed by atoms with Crippen molar-refractivity contribution in [1.82, 2.24) is 16.0 Å². The minimum atomic E-state index is -0.952. The number of hydrogen-bond donors (Lipinski definition) is 3. The van der Waals surface area contributed by atoms with E-state index in [2.05, 4.69) is 16.0 Å². The van der Waals surface area contributed by atoms with E-state index in [9.17, 15) is 23.6 Å². The molecule has 1 aliphatic rings. The molecule has 1 aliphatic heterocycles. The molecule has 0 spiro atoms. The Labute approximate surface area is 181 Å². The van der Waals surface area contributed by atoms with E-state index in [1.165, 1.54) is 24.5 Å². The molecule has 1 atom stereocenters. The molecule has 2 heterocycles. The highest BCUT2D eigenvalue weighted by Crippen LogP contribution is 2.28. The van der Waals surface area contributed by atoms with Crippen molar-refractivity contribution in [3.63, 3.8) is 0 Å². The average molecular weight is 445 g/mol. The summed E-state index contributed by atoms with van der Waals surface area (Å²) in [6, 6.07) is 6.86. The smallest absolute Gasteiger partial charge is 0.338 e. The second-order valence-corrected chi connectivity index (χ2v) is 6.48. The van der Waals surface area contributed by atoms with Gasteiger partial charge in [0.2, 0.25) is 0 Å². The molecule has 1 aromatic heterocycles.